The summed E-state index contributed by atoms with van der Waals surface area (Å²) in [6.07, 6.45) is 0.509. The van der Waals surface area contributed by atoms with Crippen LogP contribution in [0.4, 0.5) is 20.4 Å². The number of aromatic nitrogens is 3. The third-order valence-corrected chi connectivity index (χ3v) is 7.48. The topological polar surface area (TPSA) is 94.1 Å². The van der Waals surface area contributed by atoms with Crippen LogP contribution >= 0.6 is 11.6 Å². The van der Waals surface area contributed by atoms with E-state index in [0.29, 0.717) is 35.9 Å². The number of benzene rings is 1. The third kappa shape index (κ3) is 5.78. The van der Waals surface area contributed by atoms with Crippen LogP contribution in [-0.2, 0) is 17.8 Å². The first-order valence-corrected chi connectivity index (χ1v) is 12.8. The number of aryl methyl sites for hydroxylation is 1. The van der Waals surface area contributed by atoms with Crippen LogP contribution in [0.1, 0.15) is 62.0 Å². The lowest BCUT2D eigenvalue weighted by atomic mass is 9.72. The van der Waals surface area contributed by atoms with Gasteiger partial charge in [0.1, 0.15) is 17.5 Å². The summed E-state index contributed by atoms with van der Waals surface area (Å²) in [5.74, 6) is -1.10. The number of aliphatic carboxylic acids is 1. The minimum atomic E-state index is -1.20. The van der Waals surface area contributed by atoms with Crippen molar-refractivity contribution in [1.82, 2.24) is 20.1 Å². The van der Waals surface area contributed by atoms with Gasteiger partial charge in [-0.25, -0.2) is 13.8 Å². The summed E-state index contributed by atoms with van der Waals surface area (Å²) in [4.78, 5) is 19.2. The van der Waals surface area contributed by atoms with Crippen molar-refractivity contribution in [3.8, 4) is 0 Å². The lowest BCUT2D eigenvalue weighted by Gasteiger charge is -2.43. The SMILES string of the molecule is Cc1cc(Nc2cc(C(C)C)c(F)c(C[C@@]3(C(=O)O)CCN(Cc4cccc(Cl)c4F)[C@H](C)C3)n2)n[nH]1. The molecular formula is C27H32ClF2N5O2. The fourth-order valence-electron chi connectivity index (χ4n) is 5.07. The summed E-state index contributed by atoms with van der Waals surface area (Å²) in [6, 6.07) is 8.15. The predicted octanol–water partition coefficient (Wildman–Crippen LogP) is 6.21. The van der Waals surface area contributed by atoms with Crippen molar-refractivity contribution in [1.29, 1.82) is 0 Å². The van der Waals surface area contributed by atoms with Gasteiger partial charge in [0.2, 0.25) is 0 Å². The molecule has 1 fully saturated rings. The molecule has 3 N–H and O–H groups in total. The minimum absolute atomic E-state index is 0.0489. The fraction of sp³-hybridized carbons (Fsp3) is 0.444. The van der Waals surface area contributed by atoms with Crippen LogP contribution in [0, 0.1) is 24.0 Å². The predicted molar refractivity (Wildman–Crippen MR) is 139 cm³/mol. The van der Waals surface area contributed by atoms with Gasteiger partial charge in [0.05, 0.1) is 16.1 Å². The molecule has 2 atom stereocenters. The van der Waals surface area contributed by atoms with Crippen molar-refractivity contribution in [3.05, 3.63) is 69.5 Å². The van der Waals surface area contributed by atoms with Crippen LogP contribution in [0.2, 0.25) is 5.02 Å². The number of carboxylic acids is 1. The molecule has 0 unspecified atom stereocenters. The smallest absolute Gasteiger partial charge is 0.310 e. The number of nitrogens with zero attached hydrogens (tertiary/aromatic N) is 3. The lowest BCUT2D eigenvalue weighted by molar-refractivity contribution is -0.153. The van der Waals surface area contributed by atoms with Gasteiger partial charge in [-0.15, -0.1) is 0 Å². The Kier molecular flexibility index (Phi) is 7.85. The van der Waals surface area contributed by atoms with Crippen LogP contribution in [0.15, 0.2) is 30.3 Å². The molecule has 2 aromatic heterocycles. The van der Waals surface area contributed by atoms with Crippen molar-refractivity contribution < 1.29 is 18.7 Å². The van der Waals surface area contributed by atoms with Crippen LogP contribution in [0.3, 0.4) is 0 Å². The second-order valence-corrected chi connectivity index (χ2v) is 10.7. The molecule has 4 rings (SSSR count). The molecule has 0 aliphatic carbocycles. The molecule has 0 radical (unpaired) electrons. The summed E-state index contributed by atoms with van der Waals surface area (Å²) in [5.41, 5.74) is 0.694. The normalized spacial score (nSPS) is 20.4. The molecule has 7 nitrogen and oxygen atoms in total. The van der Waals surface area contributed by atoms with Gasteiger partial charge in [-0.1, -0.05) is 37.6 Å². The van der Waals surface area contributed by atoms with Crippen molar-refractivity contribution in [3.63, 3.8) is 0 Å². The summed E-state index contributed by atoms with van der Waals surface area (Å²) in [7, 11) is 0. The average molecular weight is 532 g/mol. The highest BCUT2D eigenvalue weighted by Crippen LogP contribution is 2.40. The number of carbonyl (C=O) groups is 1. The molecule has 3 heterocycles. The minimum Gasteiger partial charge on any atom is -0.481 e. The molecule has 37 heavy (non-hydrogen) atoms. The summed E-state index contributed by atoms with van der Waals surface area (Å²) >= 11 is 5.94. The number of halogens is 3. The Morgan fingerprint density at radius 1 is 1.30 bits per heavy atom. The summed E-state index contributed by atoms with van der Waals surface area (Å²) in [6.45, 7) is 8.28. The third-order valence-electron chi connectivity index (χ3n) is 7.19. The zero-order chi connectivity index (χ0) is 26.9. The van der Waals surface area contributed by atoms with E-state index in [1.165, 1.54) is 6.07 Å². The molecule has 1 aliphatic rings. The maximum absolute atomic E-state index is 15.6. The second kappa shape index (κ2) is 10.8. The monoisotopic (exact) mass is 531 g/mol. The summed E-state index contributed by atoms with van der Waals surface area (Å²) in [5, 5.41) is 20.5. The largest absolute Gasteiger partial charge is 0.481 e. The molecule has 1 saturated heterocycles. The number of aromatic amines is 1. The van der Waals surface area contributed by atoms with Gasteiger partial charge < -0.3 is 10.4 Å². The highest BCUT2D eigenvalue weighted by atomic mass is 35.5. The zero-order valence-corrected chi connectivity index (χ0v) is 22.2. The first-order chi connectivity index (χ1) is 17.5. The maximum Gasteiger partial charge on any atom is 0.310 e. The Hall–Kier alpha value is -3.04. The van der Waals surface area contributed by atoms with Gasteiger partial charge in [-0.05, 0) is 56.8 Å². The molecule has 0 saturated carbocycles. The van der Waals surface area contributed by atoms with E-state index in [4.69, 9.17) is 11.6 Å². The van der Waals surface area contributed by atoms with Crippen molar-refractivity contribution in [2.45, 2.75) is 65.5 Å². The van der Waals surface area contributed by atoms with Gasteiger partial charge in [0, 0.05) is 36.3 Å². The van der Waals surface area contributed by atoms with E-state index in [0.717, 1.165) is 5.69 Å². The molecule has 10 heteroatoms. The van der Waals surface area contributed by atoms with Crippen molar-refractivity contribution in [2.24, 2.45) is 5.41 Å². The molecule has 0 bridgehead atoms. The number of nitrogens with one attached hydrogen (secondary N) is 2. The van der Waals surface area contributed by atoms with Crippen LogP contribution in [0.25, 0.3) is 0 Å². The Morgan fingerprint density at radius 2 is 2.05 bits per heavy atom. The van der Waals surface area contributed by atoms with Gasteiger partial charge in [0.15, 0.2) is 5.82 Å². The van der Waals surface area contributed by atoms with Crippen LogP contribution < -0.4 is 5.32 Å². The number of pyridine rings is 1. The Morgan fingerprint density at radius 3 is 2.68 bits per heavy atom. The molecule has 198 valence electrons. The summed E-state index contributed by atoms with van der Waals surface area (Å²) < 4.78 is 30.1. The van der Waals surface area contributed by atoms with Crippen LogP contribution in [0.5, 0.6) is 0 Å². The van der Waals surface area contributed by atoms with E-state index in [2.05, 4.69) is 20.5 Å². The molecule has 0 spiro atoms. The van der Waals surface area contributed by atoms with E-state index in [9.17, 15) is 14.3 Å². The van der Waals surface area contributed by atoms with E-state index in [1.54, 1.807) is 24.3 Å². The number of hydrogen-bond donors (Lipinski definition) is 3. The molecule has 1 aromatic carbocycles. The van der Waals surface area contributed by atoms with E-state index in [-0.39, 0.29) is 41.9 Å². The van der Waals surface area contributed by atoms with Gasteiger partial charge in [0.25, 0.3) is 0 Å². The standard InChI is InChI=1S/C27H32ClF2N5O2/c1-15(2)19-11-22(32-23-10-16(3)33-34-23)31-21(25(19)30)13-27(26(36)37)8-9-35(17(4)12-27)14-18-6-5-7-20(28)24(18)29/h5-7,10-11,15,17H,8-9,12-14H2,1-4H3,(H,36,37)(H2,31,32,33,34)/t17-,27-/m1/s1. The number of carboxylic acid groups (broad SMARTS) is 1. The number of rotatable bonds is 8. The Balaban J connectivity index is 1.60. The van der Waals surface area contributed by atoms with Gasteiger partial charge in [-0.3, -0.25) is 14.8 Å². The Bertz CT molecular complexity index is 1300. The number of hydrogen-bond acceptors (Lipinski definition) is 5. The highest BCUT2D eigenvalue weighted by molar-refractivity contribution is 6.30. The van der Waals surface area contributed by atoms with Crippen molar-refractivity contribution in [2.75, 3.05) is 11.9 Å². The molecule has 3 aromatic rings. The number of anilines is 2. The number of H-pyrrole nitrogens is 1. The second-order valence-electron chi connectivity index (χ2n) is 10.3. The zero-order valence-electron chi connectivity index (χ0n) is 21.4. The van der Waals surface area contributed by atoms with E-state index >= 15 is 4.39 Å². The molecule has 0 amide bonds. The van der Waals surface area contributed by atoms with Gasteiger partial charge in [-0.2, -0.15) is 5.10 Å². The Labute approximate surface area is 220 Å². The lowest BCUT2D eigenvalue weighted by Crippen LogP contribution is -2.50. The highest BCUT2D eigenvalue weighted by Gasteiger charge is 2.45. The molecule has 1 aliphatic heterocycles. The van der Waals surface area contributed by atoms with Gasteiger partial charge >= 0.3 is 5.97 Å². The van der Waals surface area contributed by atoms with Crippen molar-refractivity contribution >= 4 is 29.2 Å². The molecular weight excluding hydrogens is 500 g/mol. The first-order valence-electron chi connectivity index (χ1n) is 12.4. The quantitative estimate of drug-likeness (QED) is 0.320. The van der Waals surface area contributed by atoms with E-state index in [1.807, 2.05) is 32.6 Å². The maximum atomic E-state index is 15.6. The van der Waals surface area contributed by atoms with E-state index < -0.39 is 23.0 Å². The fourth-order valence-corrected chi connectivity index (χ4v) is 5.26. The number of likely N-dealkylation sites (tertiary alicyclic amines) is 1. The van der Waals surface area contributed by atoms with Crippen LogP contribution in [-0.4, -0.2) is 43.7 Å². The number of piperidine rings is 1. The first kappa shape index (κ1) is 27.0. The average Bonchev–Trinajstić information content (AvgIpc) is 3.24.